The Morgan fingerprint density at radius 1 is 1.06 bits per heavy atom. The summed E-state index contributed by atoms with van der Waals surface area (Å²) in [5.74, 6) is 1.43. The zero-order valence-corrected chi connectivity index (χ0v) is 20.8. The molecule has 4 aromatic rings. The van der Waals surface area contributed by atoms with E-state index in [0.717, 1.165) is 59.9 Å². The second kappa shape index (κ2) is 11.7. The summed E-state index contributed by atoms with van der Waals surface area (Å²) in [5.41, 5.74) is 11.8. The topological polar surface area (TPSA) is 86.3 Å². The molecule has 2 aromatic carbocycles. The number of hydrogen-bond donors (Lipinski definition) is 1. The minimum atomic E-state index is 0.406. The highest BCUT2D eigenvalue weighted by atomic mass is 16.4. The minimum Gasteiger partial charge on any atom is -0.388 e. The number of carbonyl (C=O) groups excluding carboxylic acids is 1. The van der Waals surface area contributed by atoms with E-state index in [-0.39, 0.29) is 0 Å². The fourth-order valence-corrected chi connectivity index (χ4v) is 4.04. The van der Waals surface area contributed by atoms with Gasteiger partial charge < -0.3 is 19.9 Å². The summed E-state index contributed by atoms with van der Waals surface area (Å²) >= 11 is 0. The van der Waals surface area contributed by atoms with E-state index in [1.807, 2.05) is 12.1 Å². The summed E-state index contributed by atoms with van der Waals surface area (Å²) in [4.78, 5) is 22.8. The van der Waals surface area contributed by atoms with Crippen molar-refractivity contribution in [1.29, 1.82) is 0 Å². The third-order valence-corrected chi connectivity index (χ3v) is 5.56. The van der Waals surface area contributed by atoms with Gasteiger partial charge in [0.05, 0.1) is 11.0 Å². The van der Waals surface area contributed by atoms with Crippen molar-refractivity contribution >= 4 is 34.0 Å². The molecule has 7 nitrogen and oxygen atoms in total. The van der Waals surface area contributed by atoms with Gasteiger partial charge in [0.2, 0.25) is 0 Å². The zero-order valence-electron chi connectivity index (χ0n) is 20.8. The number of aldehydes is 1. The number of nitrogens with two attached hydrogens (primary N) is 1. The van der Waals surface area contributed by atoms with Crippen molar-refractivity contribution in [3.63, 3.8) is 0 Å². The Labute approximate surface area is 201 Å². The Hall–Kier alpha value is -3.29. The number of nitrogens with zero attached hydrogens (tertiary/aromatic N) is 4. The first-order valence-corrected chi connectivity index (χ1v) is 11.6. The maximum absolute atomic E-state index is 11.2. The van der Waals surface area contributed by atoms with Crippen LogP contribution in [0, 0.1) is 0 Å². The largest absolute Gasteiger partial charge is 0.388 e. The predicted octanol–water partition coefficient (Wildman–Crippen LogP) is 4.69. The van der Waals surface area contributed by atoms with E-state index in [9.17, 15) is 4.79 Å². The van der Waals surface area contributed by atoms with E-state index >= 15 is 0 Å². The number of methoxy groups -OCH3 is 1. The number of aromatic nitrogens is 3. The molecule has 0 fully saturated rings. The smallest absolute Gasteiger partial charge is 0.152 e. The Balaban J connectivity index is 0.00000103. The molecule has 0 spiro atoms. The van der Waals surface area contributed by atoms with Gasteiger partial charge in [0, 0.05) is 44.7 Å². The number of carbonyl (C=O) groups is 1. The van der Waals surface area contributed by atoms with Gasteiger partial charge in [-0.25, -0.2) is 9.97 Å². The van der Waals surface area contributed by atoms with Crippen molar-refractivity contribution in [2.75, 3.05) is 34.0 Å². The molecule has 2 heterocycles. The lowest BCUT2D eigenvalue weighted by molar-refractivity contribution is 0.112. The molecule has 0 aliphatic carbocycles. The van der Waals surface area contributed by atoms with Crippen LogP contribution in [0.3, 0.4) is 0 Å². The van der Waals surface area contributed by atoms with Crippen LogP contribution in [0.2, 0.25) is 0 Å². The number of imidazole rings is 1. The molecular formula is C27H35N5O2. The molecule has 2 N–H and O–H groups in total. The van der Waals surface area contributed by atoms with Crippen LogP contribution in [-0.2, 0) is 24.2 Å². The van der Waals surface area contributed by atoms with Crippen molar-refractivity contribution in [1.82, 2.24) is 19.4 Å². The SMILES string of the molecule is CCCCc1nc2c(N)nc3cc(C=O)ccc3c2n1Cc1ccc(CN(C)C)cc1.COC. The van der Waals surface area contributed by atoms with E-state index < -0.39 is 0 Å². The highest BCUT2D eigenvalue weighted by Crippen LogP contribution is 2.30. The fourth-order valence-electron chi connectivity index (χ4n) is 4.04. The first kappa shape index (κ1) is 25.3. The summed E-state index contributed by atoms with van der Waals surface area (Å²) in [5, 5.41) is 0.967. The molecule has 0 saturated heterocycles. The highest BCUT2D eigenvalue weighted by Gasteiger charge is 2.18. The summed E-state index contributed by atoms with van der Waals surface area (Å²) < 4.78 is 6.52. The zero-order chi connectivity index (χ0) is 24.7. The van der Waals surface area contributed by atoms with Gasteiger partial charge in [-0.15, -0.1) is 0 Å². The Bertz CT molecular complexity index is 1250. The maximum atomic E-state index is 11.2. The number of nitrogen functional groups attached to an aromatic ring is 1. The summed E-state index contributed by atoms with van der Waals surface area (Å²) in [7, 11) is 7.40. The number of pyridine rings is 1. The van der Waals surface area contributed by atoms with Gasteiger partial charge in [0.25, 0.3) is 0 Å². The molecule has 0 atom stereocenters. The number of ether oxygens (including phenoxy) is 1. The molecular weight excluding hydrogens is 426 g/mol. The molecule has 0 radical (unpaired) electrons. The van der Waals surface area contributed by atoms with Crippen molar-refractivity contribution < 1.29 is 9.53 Å². The van der Waals surface area contributed by atoms with Crippen molar-refractivity contribution in [2.45, 2.75) is 39.3 Å². The Morgan fingerprint density at radius 2 is 1.74 bits per heavy atom. The molecule has 7 heteroatoms. The monoisotopic (exact) mass is 461 g/mol. The molecule has 0 amide bonds. The van der Waals surface area contributed by atoms with Gasteiger partial charge in [-0.05, 0) is 43.8 Å². The standard InChI is InChI=1S/C25H29N5O.C2H6O/c1-4-5-6-22-28-23-24(20-12-11-19(16-31)13-21(20)27-25(23)26)30(22)15-18-9-7-17(8-10-18)14-29(2)3;1-3-2/h7-13,16H,4-6,14-15H2,1-3H3,(H2,26,27);1-2H3. The van der Waals surface area contributed by atoms with Crippen LogP contribution in [0.1, 0.15) is 47.1 Å². The van der Waals surface area contributed by atoms with Crippen LogP contribution in [0.4, 0.5) is 5.82 Å². The summed E-state index contributed by atoms with van der Waals surface area (Å²) in [6.45, 7) is 3.82. The van der Waals surface area contributed by atoms with E-state index in [2.05, 4.69) is 64.5 Å². The Kier molecular flexibility index (Phi) is 8.73. The first-order valence-electron chi connectivity index (χ1n) is 11.6. The molecule has 0 aliphatic heterocycles. The maximum Gasteiger partial charge on any atom is 0.152 e. The van der Waals surface area contributed by atoms with E-state index in [0.29, 0.717) is 17.9 Å². The van der Waals surface area contributed by atoms with Gasteiger partial charge in [0.1, 0.15) is 17.6 Å². The van der Waals surface area contributed by atoms with Crippen LogP contribution < -0.4 is 5.73 Å². The van der Waals surface area contributed by atoms with Gasteiger partial charge in [0.15, 0.2) is 5.82 Å². The molecule has 0 unspecified atom stereocenters. The van der Waals surface area contributed by atoms with Gasteiger partial charge in [-0.1, -0.05) is 43.7 Å². The number of rotatable bonds is 8. The molecule has 4 rings (SSSR count). The first-order chi connectivity index (χ1) is 16.4. The van der Waals surface area contributed by atoms with E-state index in [4.69, 9.17) is 10.7 Å². The lowest BCUT2D eigenvalue weighted by Crippen LogP contribution is -2.10. The van der Waals surface area contributed by atoms with Gasteiger partial charge >= 0.3 is 0 Å². The van der Waals surface area contributed by atoms with Crippen LogP contribution in [0.15, 0.2) is 42.5 Å². The average molecular weight is 462 g/mol. The van der Waals surface area contributed by atoms with Crippen LogP contribution in [-0.4, -0.2) is 54.0 Å². The predicted molar refractivity (Wildman–Crippen MR) is 139 cm³/mol. The summed E-state index contributed by atoms with van der Waals surface area (Å²) in [6.07, 6.45) is 3.88. The van der Waals surface area contributed by atoms with E-state index in [1.54, 1.807) is 20.3 Å². The Morgan fingerprint density at radius 3 is 2.35 bits per heavy atom. The van der Waals surface area contributed by atoms with Gasteiger partial charge in [-0.2, -0.15) is 0 Å². The fraction of sp³-hybridized carbons (Fsp3) is 0.370. The number of unbranched alkanes of at least 4 members (excludes halogenated alkanes) is 1. The molecule has 2 aromatic heterocycles. The van der Waals surface area contributed by atoms with Crippen molar-refractivity contribution in [3.05, 3.63) is 65.0 Å². The van der Waals surface area contributed by atoms with Gasteiger partial charge in [-0.3, -0.25) is 4.79 Å². The minimum absolute atomic E-state index is 0.406. The number of benzene rings is 2. The molecule has 34 heavy (non-hydrogen) atoms. The van der Waals surface area contributed by atoms with Crippen LogP contribution in [0.5, 0.6) is 0 Å². The lowest BCUT2D eigenvalue weighted by atomic mass is 10.1. The number of fused-ring (bicyclic) bond motifs is 3. The average Bonchev–Trinajstić information content (AvgIpc) is 3.17. The summed E-state index contributed by atoms with van der Waals surface area (Å²) in [6, 6.07) is 14.3. The molecule has 0 aliphatic rings. The second-order valence-corrected chi connectivity index (χ2v) is 8.77. The van der Waals surface area contributed by atoms with Crippen molar-refractivity contribution in [2.24, 2.45) is 0 Å². The third kappa shape index (κ3) is 5.79. The highest BCUT2D eigenvalue weighted by molar-refractivity contribution is 6.07. The van der Waals surface area contributed by atoms with Crippen LogP contribution >= 0.6 is 0 Å². The third-order valence-electron chi connectivity index (χ3n) is 5.56. The van der Waals surface area contributed by atoms with Crippen LogP contribution in [0.25, 0.3) is 21.9 Å². The normalized spacial score (nSPS) is 11.1. The number of anilines is 1. The lowest BCUT2D eigenvalue weighted by Gasteiger charge is -2.13. The van der Waals surface area contributed by atoms with Crippen molar-refractivity contribution in [3.8, 4) is 0 Å². The molecule has 180 valence electrons. The number of aryl methyl sites for hydroxylation is 1. The quantitative estimate of drug-likeness (QED) is 0.383. The molecule has 0 saturated carbocycles. The second-order valence-electron chi connectivity index (χ2n) is 8.77. The van der Waals surface area contributed by atoms with E-state index in [1.165, 1.54) is 11.1 Å². The molecule has 0 bridgehead atoms. The number of hydrogen-bond acceptors (Lipinski definition) is 6.